The molecule has 0 radical (unpaired) electrons. The molecular formula is C5H14N3O2P. The van der Waals surface area contributed by atoms with Crippen LogP contribution in [0, 0.1) is 11.1 Å². The van der Waals surface area contributed by atoms with Gasteiger partial charge in [-0.25, -0.2) is 4.67 Å². The minimum absolute atomic E-state index is 0. The molecule has 0 spiro atoms. The molecule has 0 bridgehead atoms. The zero-order chi connectivity index (χ0) is 8.20. The normalized spacial score (nSPS) is 14.8. The lowest BCUT2D eigenvalue weighted by Crippen LogP contribution is -2.09. The van der Waals surface area contributed by atoms with E-state index in [1.807, 2.05) is 0 Å². The van der Waals surface area contributed by atoms with Crippen molar-refractivity contribution in [1.29, 1.82) is 5.26 Å². The third-order valence-electron chi connectivity index (χ3n) is 0.957. The first-order valence-electron chi connectivity index (χ1n) is 2.90. The molecule has 1 unspecified atom stereocenters. The first-order valence-corrected chi connectivity index (χ1v) is 4.48. The Morgan fingerprint density at radius 2 is 2.09 bits per heavy atom. The summed E-state index contributed by atoms with van der Waals surface area (Å²) in [6.07, 6.45) is 0. The number of nitrogens with zero attached hydrogens (tertiary/aromatic N) is 2. The molecule has 0 saturated heterocycles. The summed E-state index contributed by atoms with van der Waals surface area (Å²) in [5.74, 6) is 1.64. The van der Waals surface area contributed by atoms with Crippen molar-refractivity contribution in [3.8, 4) is 5.81 Å². The van der Waals surface area contributed by atoms with Crippen LogP contribution in [0.15, 0.2) is 0 Å². The van der Waals surface area contributed by atoms with Crippen LogP contribution in [0.5, 0.6) is 0 Å². The van der Waals surface area contributed by atoms with E-state index in [4.69, 9.17) is 9.79 Å². The molecule has 0 fully saturated rings. The van der Waals surface area contributed by atoms with E-state index in [9.17, 15) is 4.57 Å². The van der Waals surface area contributed by atoms with Gasteiger partial charge in [0.1, 0.15) is 0 Å². The summed E-state index contributed by atoms with van der Waals surface area (Å²) in [4.78, 5) is 0. The topological polar surface area (TPSA) is 88.3 Å². The lowest BCUT2D eigenvalue weighted by Gasteiger charge is -2.15. The first-order chi connectivity index (χ1) is 4.56. The molecule has 0 aromatic carbocycles. The highest BCUT2D eigenvalue weighted by atomic mass is 31.2. The van der Waals surface area contributed by atoms with Crippen LogP contribution >= 0.6 is 7.52 Å². The number of hydrogen-bond donors (Lipinski definition) is 1. The number of rotatable bonds is 3. The predicted octanol–water partition coefficient (Wildman–Crippen LogP) is 1.42. The van der Waals surface area contributed by atoms with Crippen molar-refractivity contribution >= 4 is 7.52 Å². The fourth-order valence-corrected chi connectivity index (χ4v) is 1.23. The second kappa shape index (κ2) is 5.28. The van der Waals surface area contributed by atoms with E-state index >= 15 is 0 Å². The number of hydrogen-bond acceptors (Lipinski definition) is 4. The van der Waals surface area contributed by atoms with Gasteiger partial charge in [0.05, 0.1) is 6.61 Å². The summed E-state index contributed by atoms with van der Waals surface area (Å²) < 4.78 is 17.3. The molecular weight excluding hydrogens is 165 g/mol. The Hall–Kier alpha value is -0.400. The van der Waals surface area contributed by atoms with Crippen molar-refractivity contribution in [2.75, 3.05) is 20.7 Å². The Bertz CT molecular complexity index is 187. The maximum atomic E-state index is 11.2. The van der Waals surface area contributed by atoms with Crippen LogP contribution in [-0.4, -0.2) is 25.4 Å². The monoisotopic (exact) mass is 179 g/mol. The standard InChI is InChI=1S/C5H11N2O2P.H3N/c1-4-9-10(8,5-6)7(2)3;/h4H2,1-3H3;1H3. The molecule has 6 heteroatoms. The average molecular weight is 179 g/mol. The molecule has 0 aromatic rings. The highest BCUT2D eigenvalue weighted by Crippen LogP contribution is 2.46. The summed E-state index contributed by atoms with van der Waals surface area (Å²) in [5.41, 5.74) is 0. The van der Waals surface area contributed by atoms with Crippen molar-refractivity contribution in [1.82, 2.24) is 10.8 Å². The predicted molar refractivity (Wildman–Crippen MR) is 43.6 cm³/mol. The quantitative estimate of drug-likeness (QED) is 0.662. The van der Waals surface area contributed by atoms with E-state index < -0.39 is 7.52 Å². The summed E-state index contributed by atoms with van der Waals surface area (Å²) in [7, 11) is -0.0229. The van der Waals surface area contributed by atoms with Crippen LogP contribution in [-0.2, 0) is 9.09 Å². The van der Waals surface area contributed by atoms with E-state index in [1.165, 1.54) is 4.67 Å². The maximum Gasteiger partial charge on any atom is 0.370 e. The zero-order valence-corrected chi connectivity index (χ0v) is 7.97. The van der Waals surface area contributed by atoms with Gasteiger partial charge in [-0.15, -0.1) is 0 Å². The second-order valence-electron chi connectivity index (χ2n) is 1.89. The number of nitriles is 1. The molecule has 0 rings (SSSR count). The fraction of sp³-hybridized carbons (Fsp3) is 0.800. The van der Waals surface area contributed by atoms with E-state index in [-0.39, 0.29) is 6.15 Å². The van der Waals surface area contributed by atoms with Crippen molar-refractivity contribution in [3.05, 3.63) is 0 Å². The molecule has 66 valence electrons. The summed E-state index contributed by atoms with van der Waals surface area (Å²) in [6.45, 7) is 2.00. The lowest BCUT2D eigenvalue weighted by molar-refractivity contribution is 0.307. The third kappa shape index (κ3) is 3.49. The summed E-state index contributed by atoms with van der Waals surface area (Å²) >= 11 is 0. The van der Waals surface area contributed by atoms with Crippen molar-refractivity contribution < 1.29 is 9.09 Å². The average Bonchev–Trinajstić information content (AvgIpc) is 1.88. The van der Waals surface area contributed by atoms with Crippen molar-refractivity contribution in [2.24, 2.45) is 0 Å². The van der Waals surface area contributed by atoms with E-state index in [2.05, 4.69) is 0 Å². The highest BCUT2D eigenvalue weighted by Gasteiger charge is 2.24. The smallest absolute Gasteiger partial charge is 0.344 e. The Kier molecular flexibility index (Phi) is 6.34. The maximum absolute atomic E-state index is 11.2. The molecule has 0 amide bonds. The molecule has 0 aliphatic carbocycles. The molecule has 1 atom stereocenters. The van der Waals surface area contributed by atoms with Crippen LogP contribution in [0.4, 0.5) is 0 Å². The van der Waals surface area contributed by atoms with Gasteiger partial charge in [0.15, 0.2) is 5.81 Å². The molecule has 0 saturated carbocycles. The Balaban J connectivity index is 0. The fourth-order valence-electron chi connectivity index (χ4n) is 0.409. The molecule has 5 nitrogen and oxygen atoms in total. The molecule has 0 aliphatic rings. The van der Waals surface area contributed by atoms with Gasteiger partial charge >= 0.3 is 7.52 Å². The first kappa shape index (κ1) is 13.2. The van der Waals surface area contributed by atoms with Gasteiger partial charge in [0.2, 0.25) is 0 Å². The minimum Gasteiger partial charge on any atom is -0.344 e. The van der Waals surface area contributed by atoms with Crippen LogP contribution < -0.4 is 6.15 Å². The summed E-state index contributed by atoms with van der Waals surface area (Å²) in [6, 6.07) is 0. The largest absolute Gasteiger partial charge is 0.370 e. The molecule has 0 heterocycles. The minimum atomic E-state index is -3.13. The van der Waals surface area contributed by atoms with E-state index in [0.29, 0.717) is 6.61 Å². The zero-order valence-electron chi connectivity index (χ0n) is 7.07. The SMILES string of the molecule is CCOP(=O)(C#N)N(C)C.N. The van der Waals surface area contributed by atoms with Crippen LogP contribution in [0.3, 0.4) is 0 Å². The second-order valence-corrected chi connectivity index (χ2v) is 4.18. The molecule has 11 heavy (non-hydrogen) atoms. The Morgan fingerprint density at radius 3 is 2.18 bits per heavy atom. The highest BCUT2D eigenvalue weighted by molar-refractivity contribution is 7.61. The van der Waals surface area contributed by atoms with Crippen molar-refractivity contribution in [2.45, 2.75) is 6.92 Å². The van der Waals surface area contributed by atoms with Crippen LogP contribution in [0.2, 0.25) is 0 Å². The third-order valence-corrected chi connectivity index (χ3v) is 2.87. The van der Waals surface area contributed by atoms with Crippen LogP contribution in [0.25, 0.3) is 0 Å². The van der Waals surface area contributed by atoms with Gasteiger partial charge in [-0.3, -0.25) is 4.57 Å². The van der Waals surface area contributed by atoms with Crippen LogP contribution in [0.1, 0.15) is 6.92 Å². The Labute approximate surface area is 67.0 Å². The molecule has 0 aromatic heterocycles. The van der Waals surface area contributed by atoms with Gasteiger partial charge in [0.25, 0.3) is 0 Å². The van der Waals surface area contributed by atoms with Gasteiger partial charge in [0, 0.05) is 0 Å². The van der Waals surface area contributed by atoms with Gasteiger partial charge < -0.3 is 10.7 Å². The Morgan fingerprint density at radius 1 is 1.64 bits per heavy atom. The summed E-state index contributed by atoms with van der Waals surface area (Å²) in [5, 5.41) is 8.41. The van der Waals surface area contributed by atoms with Gasteiger partial charge in [-0.1, -0.05) is 0 Å². The molecule has 0 aliphatic heterocycles. The lowest BCUT2D eigenvalue weighted by atomic mass is 10.9. The van der Waals surface area contributed by atoms with Gasteiger partial charge in [-0.05, 0) is 21.0 Å². The van der Waals surface area contributed by atoms with Crippen molar-refractivity contribution in [3.63, 3.8) is 0 Å². The van der Waals surface area contributed by atoms with E-state index in [0.717, 1.165) is 0 Å². The van der Waals surface area contributed by atoms with Gasteiger partial charge in [-0.2, -0.15) is 5.26 Å². The van der Waals surface area contributed by atoms with E-state index in [1.54, 1.807) is 26.8 Å². The molecule has 3 N–H and O–H groups in total.